The number of rotatable bonds is 6. The van der Waals surface area contributed by atoms with Gasteiger partial charge in [-0.1, -0.05) is 32.0 Å². The van der Waals surface area contributed by atoms with Crippen LogP contribution in [0.3, 0.4) is 0 Å². The maximum atomic E-state index is 12.0. The number of aliphatic hydroxyl groups excluding tert-OH is 1. The van der Waals surface area contributed by atoms with Crippen LogP contribution in [0.2, 0.25) is 0 Å². The van der Waals surface area contributed by atoms with Gasteiger partial charge in [-0.2, -0.15) is 0 Å². The number of sulfonamides is 1. The highest BCUT2D eigenvalue weighted by molar-refractivity contribution is 7.89. The van der Waals surface area contributed by atoms with Crippen LogP contribution >= 0.6 is 0 Å². The molecule has 0 amide bonds. The molecule has 0 saturated heterocycles. The SMILES string of the molecule is CC(C)C[C@H](CO)NS(=O)(=O)c1ccccc1. The molecule has 0 aliphatic heterocycles. The van der Waals surface area contributed by atoms with Gasteiger partial charge in [0.1, 0.15) is 0 Å². The molecule has 0 aromatic heterocycles. The first-order valence-electron chi connectivity index (χ1n) is 5.64. The van der Waals surface area contributed by atoms with Crippen LogP contribution in [0.4, 0.5) is 0 Å². The van der Waals surface area contributed by atoms with Crippen LogP contribution < -0.4 is 4.72 Å². The summed E-state index contributed by atoms with van der Waals surface area (Å²) in [6.45, 7) is 3.78. The van der Waals surface area contributed by atoms with E-state index in [1.54, 1.807) is 18.2 Å². The lowest BCUT2D eigenvalue weighted by molar-refractivity contribution is 0.240. The zero-order valence-electron chi connectivity index (χ0n) is 10.1. The Balaban J connectivity index is 2.79. The van der Waals surface area contributed by atoms with Gasteiger partial charge in [-0.25, -0.2) is 13.1 Å². The molecule has 0 fully saturated rings. The first-order valence-corrected chi connectivity index (χ1v) is 7.12. The van der Waals surface area contributed by atoms with Crippen LogP contribution in [-0.4, -0.2) is 26.2 Å². The zero-order chi connectivity index (χ0) is 12.9. The molecular formula is C12H19NO3S. The number of hydrogen-bond acceptors (Lipinski definition) is 3. The van der Waals surface area contributed by atoms with E-state index in [9.17, 15) is 8.42 Å². The van der Waals surface area contributed by atoms with Gasteiger partial charge in [-0.05, 0) is 24.5 Å². The smallest absolute Gasteiger partial charge is 0.240 e. The Bertz CT molecular complexity index is 428. The second kappa shape index (κ2) is 6.14. The molecule has 0 heterocycles. The van der Waals surface area contributed by atoms with Crippen LogP contribution in [0.25, 0.3) is 0 Å². The van der Waals surface area contributed by atoms with E-state index in [1.165, 1.54) is 12.1 Å². The molecule has 1 rings (SSSR count). The maximum Gasteiger partial charge on any atom is 0.240 e. The second-order valence-electron chi connectivity index (χ2n) is 4.44. The molecule has 1 aromatic carbocycles. The van der Waals surface area contributed by atoms with E-state index in [-0.39, 0.29) is 11.5 Å². The summed E-state index contributed by atoms with van der Waals surface area (Å²) in [5.74, 6) is 0.325. The van der Waals surface area contributed by atoms with Crippen LogP contribution in [0, 0.1) is 5.92 Å². The monoisotopic (exact) mass is 257 g/mol. The fraction of sp³-hybridized carbons (Fsp3) is 0.500. The molecule has 4 nitrogen and oxygen atoms in total. The first-order chi connectivity index (χ1) is 7.95. The van der Waals surface area contributed by atoms with E-state index in [2.05, 4.69) is 4.72 Å². The predicted molar refractivity (Wildman–Crippen MR) is 67.1 cm³/mol. The molecule has 96 valence electrons. The molecule has 0 spiro atoms. The number of hydrogen-bond donors (Lipinski definition) is 2. The lowest BCUT2D eigenvalue weighted by Crippen LogP contribution is -2.38. The summed E-state index contributed by atoms with van der Waals surface area (Å²) in [5, 5.41) is 9.16. The van der Waals surface area contributed by atoms with E-state index in [0.717, 1.165) is 0 Å². The van der Waals surface area contributed by atoms with Gasteiger partial charge in [-0.3, -0.25) is 0 Å². The molecule has 1 atom stereocenters. The van der Waals surface area contributed by atoms with Crippen LogP contribution in [0.5, 0.6) is 0 Å². The summed E-state index contributed by atoms with van der Waals surface area (Å²) >= 11 is 0. The highest BCUT2D eigenvalue weighted by Crippen LogP contribution is 2.11. The summed E-state index contributed by atoms with van der Waals surface area (Å²) in [6.07, 6.45) is 0.614. The van der Waals surface area contributed by atoms with E-state index in [0.29, 0.717) is 12.3 Å². The van der Waals surface area contributed by atoms with Gasteiger partial charge < -0.3 is 5.11 Å². The molecule has 17 heavy (non-hydrogen) atoms. The van der Waals surface area contributed by atoms with Crippen LogP contribution in [-0.2, 0) is 10.0 Å². The van der Waals surface area contributed by atoms with E-state index in [4.69, 9.17) is 5.11 Å². The van der Waals surface area contributed by atoms with Gasteiger partial charge in [0.15, 0.2) is 0 Å². The fourth-order valence-electron chi connectivity index (χ4n) is 1.62. The topological polar surface area (TPSA) is 66.4 Å². The van der Waals surface area contributed by atoms with Crippen molar-refractivity contribution < 1.29 is 13.5 Å². The third-order valence-corrected chi connectivity index (χ3v) is 3.89. The van der Waals surface area contributed by atoms with Crippen molar-refractivity contribution in [1.82, 2.24) is 4.72 Å². The molecule has 5 heteroatoms. The van der Waals surface area contributed by atoms with Crippen molar-refractivity contribution in [2.75, 3.05) is 6.61 Å². The van der Waals surface area contributed by atoms with Gasteiger partial charge in [0.25, 0.3) is 0 Å². The standard InChI is InChI=1S/C12H19NO3S/c1-10(2)8-11(9-14)13-17(15,16)12-6-4-3-5-7-12/h3-7,10-11,13-14H,8-9H2,1-2H3/t11-/m1/s1. The summed E-state index contributed by atoms with van der Waals surface area (Å²) in [6, 6.07) is 7.74. The lowest BCUT2D eigenvalue weighted by atomic mass is 10.1. The van der Waals surface area contributed by atoms with E-state index < -0.39 is 16.1 Å². The quantitative estimate of drug-likeness (QED) is 0.809. The van der Waals surface area contributed by atoms with Crippen molar-refractivity contribution in [1.29, 1.82) is 0 Å². The van der Waals surface area contributed by atoms with Gasteiger partial charge in [0.05, 0.1) is 11.5 Å². The van der Waals surface area contributed by atoms with Crippen molar-refractivity contribution in [3.8, 4) is 0 Å². The van der Waals surface area contributed by atoms with Gasteiger partial charge in [0.2, 0.25) is 10.0 Å². The van der Waals surface area contributed by atoms with Gasteiger partial charge in [0, 0.05) is 6.04 Å². The number of aliphatic hydroxyl groups is 1. The Morgan fingerprint density at radius 2 is 1.82 bits per heavy atom. The van der Waals surface area contributed by atoms with Gasteiger partial charge >= 0.3 is 0 Å². The molecule has 0 aliphatic carbocycles. The van der Waals surface area contributed by atoms with Crippen molar-refractivity contribution in [2.24, 2.45) is 5.92 Å². The molecule has 0 bridgehead atoms. The second-order valence-corrected chi connectivity index (χ2v) is 6.16. The highest BCUT2D eigenvalue weighted by Gasteiger charge is 2.19. The Morgan fingerprint density at radius 3 is 2.29 bits per heavy atom. The molecule has 2 N–H and O–H groups in total. The summed E-state index contributed by atoms with van der Waals surface area (Å²) < 4.78 is 26.4. The number of benzene rings is 1. The normalized spacial score (nSPS) is 13.9. The third kappa shape index (κ3) is 4.46. The molecule has 0 aliphatic rings. The van der Waals surface area contributed by atoms with Crippen LogP contribution in [0.1, 0.15) is 20.3 Å². The first kappa shape index (κ1) is 14.2. The Morgan fingerprint density at radius 1 is 1.24 bits per heavy atom. The molecule has 0 radical (unpaired) electrons. The summed E-state index contributed by atoms with van der Waals surface area (Å²) in [7, 11) is -3.53. The molecule has 1 aromatic rings. The Labute approximate surface area is 103 Å². The fourth-order valence-corrected chi connectivity index (χ4v) is 2.88. The van der Waals surface area contributed by atoms with Crippen LogP contribution in [0.15, 0.2) is 35.2 Å². The van der Waals surface area contributed by atoms with Crippen molar-refractivity contribution >= 4 is 10.0 Å². The predicted octanol–water partition coefficient (Wildman–Crippen LogP) is 1.37. The minimum absolute atomic E-state index is 0.190. The van der Waals surface area contributed by atoms with Crippen molar-refractivity contribution in [3.63, 3.8) is 0 Å². The van der Waals surface area contributed by atoms with E-state index >= 15 is 0 Å². The Kier molecular flexibility index (Phi) is 5.11. The molecule has 0 unspecified atom stereocenters. The van der Waals surface area contributed by atoms with Gasteiger partial charge in [-0.15, -0.1) is 0 Å². The summed E-state index contributed by atoms with van der Waals surface area (Å²) in [4.78, 5) is 0.224. The number of nitrogens with one attached hydrogen (secondary N) is 1. The summed E-state index contributed by atoms with van der Waals surface area (Å²) in [5.41, 5.74) is 0. The minimum Gasteiger partial charge on any atom is -0.395 e. The Hall–Kier alpha value is -0.910. The lowest BCUT2D eigenvalue weighted by Gasteiger charge is -2.18. The molecular weight excluding hydrogens is 238 g/mol. The minimum atomic E-state index is -3.53. The average molecular weight is 257 g/mol. The molecule has 0 saturated carbocycles. The van der Waals surface area contributed by atoms with Crippen molar-refractivity contribution in [2.45, 2.75) is 31.2 Å². The maximum absolute atomic E-state index is 12.0. The highest BCUT2D eigenvalue weighted by atomic mass is 32.2. The average Bonchev–Trinajstić information content (AvgIpc) is 2.28. The van der Waals surface area contributed by atoms with Crippen molar-refractivity contribution in [3.05, 3.63) is 30.3 Å². The largest absolute Gasteiger partial charge is 0.395 e. The van der Waals surface area contributed by atoms with E-state index in [1.807, 2.05) is 13.8 Å². The third-order valence-electron chi connectivity index (χ3n) is 2.35. The zero-order valence-corrected chi connectivity index (χ0v) is 10.9.